The zero-order chi connectivity index (χ0) is 9.14. The van der Waals surface area contributed by atoms with Crippen LogP contribution < -0.4 is 5.73 Å². The average Bonchev–Trinajstić information content (AvgIpc) is 2.08. The van der Waals surface area contributed by atoms with Gasteiger partial charge in [0.25, 0.3) is 0 Å². The fourth-order valence-electron chi connectivity index (χ4n) is 1.03. The maximum absolute atomic E-state index is 11.2. The summed E-state index contributed by atoms with van der Waals surface area (Å²) >= 11 is 0. The Morgan fingerprint density at radius 1 is 1.33 bits per heavy atom. The van der Waals surface area contributed by atoms with Gasteiger partial charge in [0, 0.05) is 5.56 Å². The first kappa shape index (κ1) is 8.94. The molecule has 0 saturated heterocycles. The summed E-state index contributed by atoms with van der Waals surface area (Å²) in [5.41, 5.74) is 8.28. The van der Waals surface area contributed by atoms with E-state index in [0.717, 1.165) is 5.56 Å². The van der Waals surface area contributed by atoms with E-state index in [9.17, 15) is 4.79 Å². The molecule has 2 nitrogen and oxygen atoms in total. The van der Waals surface area contributed by atoms with Gasteiger partial charge in [-0.25, -0.2) is 0 Å². The van der Waals surface area contributed by atoms with Crippen molar-refractivity contribution >= 4 is 5.78 Å². The number of nitrogens with two attached hydrogens (primary N) is 1. The molecule has 0 aliphatic carbocycles. The lowest BCUT2D eigenvalue weighted by Gasteiger charge is -2.02. The molecule has 1 aromatic carbocycles. The molecule has 0 aliphatic rings. The van der Waals surface area contributed by atoms with Gasteiger partial charge in [0.15, 0.2) is 5.78 Å². The third-order valence-electron chi connectivity index (χ3n) is 2.01. The van der Waals surface area contributed by atoms with Gasteiger partial charge in [0.05, 0.1) is 6.54 Å². The first-order chi connectivity index (χ1) is 5.65. The van der Waals surface area contributed by atoms with Gasteiger partial charge in [-0.3, -0.25) is 4.79 Å². The van der Waals surface area contributed by atoms with Crippen molar-refractivity contribution in [3.63, 3.8) is 0 Å². The topological polar surface area (TPSA) is 43.1 Å². The Bertz CT molecular complexity index is 305. The average molecular weight is 163 g/mol. The molecule has 0 heterocycles. The molecule has 12 heavy (non-hydrogen) atoms. The molecule has 0 spiro atoms. The normalized spacial score (nSPS) is 9.92. The second-order valence-electron chi connectivity index (χ2n) is 2.93. The number of hydrogen-bond donors (Lipinski definition) is 1. The van der Waals surface area contributed by atoms with Gasteiger partial charge < -0.3 is 5.73 Å². The van der Waals surface area contributed by atoms with E-state index in [1.54, 1.807) is 0 Å². The molecule has 0 radical (unpaired) electrons. The Balaban J connectivity index is 3.05. The minimum absolute atomic E-state index is 0.00176. The predicted octanol–water partition coefficient (Wildman–Crippen LogP) is 1.44. The molecular weight excluding hydrogens is 150 g/mol. The summed E-state index contributed by atoms with van der Waals surface area (Å²) in [6, 6.07) is 5.64. The van der Waals surface area contributed by atoms with Crippen molar-refractivity contribution in [2.45, 2.75) is 13.8 Å². The summed E-state index contributed by atoms with van der Waals surface area (Å²) in [5.74, 6) is -0.00176. The molecule has 0 saturated carbocycles. The van der Waals surface area contributed by atoms with Crippen LogP contribution in [0.4, 0.5) is 0 Å². The number of benzene rings is 1. The highest BCUT2D eigenvalue weighted by Gasteiger charge is 2.03. The van der Waals surface area contributed by atoms with Gasteiger partial charge in [0.2, 0.25) is 0 Å². The van der Waals surface area contributed by atoms with Crippen LogP contribution in [0.15, 0.2) is 18.2 Å². The predicted molar refractivity (Wildman–Crippen MR) is 49.3 cm³/mol. The maximum Gasteiger partial charge on any atom is 0.176 e. The second kappa shape index (κ2) is 3.50. The van der Waals surface area contributed by atoms with Crippen molar-refractivity contribution in [2.75, 3.05) is 6.54 Å². The lowest BCUT2D eigenvalue weighted by atomic mass is 10.0. The smallest absolute Gasteiger partial charge is 0.176 e. The monoisotopic (exact) mass is 163 g/mol. The van der Waals surface area contributed by atoms with E-state index in [2.05, 4.69) is 0 Å². The van der Waals surface area contributed by atoms with Gasteiger partial charge in [0.1, 0.15) is 0 Å². The van der Waals surface area contributed by atoms with Gasteiger partial charge in [-0.2, -0.15) is 0 Å². The van der Waals surface area contributed by atoms with E-state index in [-0.39, 0.29) is 12.3 Å². The highest BCUT2D eigenvalue weighted by molar-refractivity contribution is 5.97. The Hall–Kier alpha value is -1.15. The van der Waals surface area contributed by atoms with Crippen LogP contribution in [0.3, 0.4) is 0 Å². The molecule has 0 fully saturated rings. The van der Waals surface area contributed by atoms with Crippen LogP contribution in [-0.2, 0) is 0 Å². The lowest BCUT2D eigenvalue weighted by Crippen LogP contribution is -2.13. The van der Waals surface area contributed by atoms with Crippen LogP contribution in [0.1, 0.15) is 21.5 Å². The van der Waals surface area contributed by atoms with Crippen LogP contribution in [0.5, 0.6) is 0 Å². The molecule has 0 unspecified atom stereocenters. The van der Waals surface area contributed by atoms with E-state index < -0.39 is 0 Å². The zero-order valence-electron chi connectivity index (χ0n) is 7.42. The van der Waals surface area contributed by atoms with Crippen LogP contribution in [0, 0.1) is 13.8 Å². The second-order valence-corrected chi connectivity index (χ2v) is 2.93. The molecule has 1 rings (SSSR count). The number of carbonyl (C=O) groups excluding carboxylic acids is 1. The highest BCUT2D eigenvalue weighted by Crippen LogP contribution is 2.09. The zero-order valence-corrected chi connectivity index (χ0v) is 7.42. The van der Waals surface area contributed by atoms with Gasteiger partial charge in [-0.05, 0) is 31.0 Å². The summed E-state index contributed by atoms with van der Waals surface area (Å²) in [5, 5.41) is 0. The summed E-state index contributed by atoms with van der Waals surface area (Å²) < 4.78 is 0. The fraction of sp³-hybridized carbons (Fsp3) is 0.300. The Morgan fingerprint density at radius 3 is 2.50 bits per heavy atom. The van der Waals surface area contributed by atoms with Crippen LogP contribution in [0.25, 0.3) is 0 Å². The summed E-state index contributed by atoms with van der Waals surface area (Å²) in [6.07, 6.45) is 0. The van der Waals surface area contributed by atoms with Crippen LogP contribution >= 0.6 is 0 Å². The maximum atomic E-state index is 11.2. The first-order valence-electron chi connectivity index (χ1n) is 3.95. The molecule has 0 aromatic heterocycles. The highest BCUT2D eigenvalue weighted by atomic mass is 16.1. The van der Waals surface area contributed by atoms with Crippen molar-refractivity contribution in [1.29, 1.82) is 0 Å². The third-order valence-corrected chi connectivity index (χ3v) is 2.01. The minimum atomic E-state index is -0.00176. The fourth-order valence-corrected chi connectivity index (χ4v) is 1.03. The van der Waals surface area contributed by atoms with E-state index in [1.165, 1.54) is 5.56 Å². The van der Waals surface area contributed by atoms with E-state index in [0.29, 0.717) is 5.56 Å². The van der Waals surface area contributed by atoms with Gasteiger partial charge >= 0.3 is 0 Å². The lowest BCUT2D eigenvalue weighted by molar-refractivity contribution is 0.100. The standard InChI is InChI=1S/C10H13NO/c1-7-3-4-9(5-8(7)2)10(12)6-11/h3-5H,6,11H2,1-2H3. The van der Waals surface area contributed by atoms with Crippen molar-refractivity contribution in [3.8, 4) is 0 Å². The Morgan fingerprint density at radius 2 is 2.00 bits per heavy atom. The third kappa shape index (κ3) is 1.71. The Labute approximate surface area is 72.4 Å². The quantitative estimate of drug-likeness (QED) is 0.670. The van der Waals surface area contributed by atoms with Crippen molar-refractivity contribution in [1.82, 2.24) is 0 Å². The molecular formula is C10H13NO. The van der Waals surface area contributed by atoms with E-state index in [4.69, 9.17) is 5.73 Å². The summed E-state index contributed by atoms with van der Waals surface area (Å²) in [6.45, 7) is 4.09. The van der Waals surface area contributed by atoms with Crippen LogP contribution in [0.2, 0.25) is 0 Å². The van der Waals surface area contributed by atoms with E-state index in [1.807, 2.05) is 32.0 Å². The number of hydrogen-bond acceptors (Lipinski definition) is 2. The molecule has 0 amide bonds. The van der Waals surface area contributed by atoms with Gasteiger partial charge in [-0.1, -0.05) is 12.1 Å². The largest absolute Gasteiger partial charge is 0.324 e. The first-order valence-corrected chi connectivity index (χ1v) is 3.95. The van der Waals surface area contributed by atoms with Crippen molar-refractivity contribution in [3.05, 3.63) is 34.9 Å². The molecule has 2 N–H and O–H groups in total. The van der Waals surface area contributed by atoms with Crippen molar-refractivity contribution in [2.24, 2.45) is 5.73 Å². The molecule has 2 heteroatoms. The summed E-state index contributed by atoms with van der Waals surface area (Å²) in [7, 11) is 0. The number of Topliss-reactive ketones (excluding diaryl/α,β-unsaturated/α-hetero) is 1. The Kier molecular flexibility index (Phi) is 2.61. The molecule has 0 atom stereocenters. The van der Waals surface area contributed by atoms with E-state index >= 15 is 0 Å². The number of carbonyl (C=O) groups is 1. The molecule has 64 valence electrons. The summed E-state index contributed by atoms with van der Waals surface area (Å²) in [4.78, 5) is 11.2. The van der Waals surface area contributed by atoms with Crippen molar-refractivity contribution < 1.29 is 4.79 Å². The number of ketones is 1. The molecule has 0 bridgehead atoms. The van der Waals surface area contributed by atoms with Crippen LogP contribution in [-0.4, -0.2) is 12.3 Å². The van der Waals surface area contributed by atoms with Gasteiger partial charge in [-0.15, -0.1) is 0 Å². The SMILES string of the molecule is Cc1ccc(C(=O)CN)cc1C. The number of aryl methyl sites for hydroxylation is 2. The molecule has 1 aromatic rings. The number of rotatable bonds is 2. The minimum Gasteiger partial charge on any atom is -0.324 e. The molecule has 0 aliphatic heterocycles.